The van der Waals surface area contributed by atoms with Gasteiger partial charge in [0.05, 0.1) is 23.3 Å². The summed E-state index contributed by atoms with van der Waals surface area (Å²) in [7, 11) is 1.52. The summed E-state index contributed by atoms with van der Waals surface area (Å²) < 4.78 is 5.08. The highest BCUT2D eigenvalue weighted by Gasteiger charge is 2.36. The van der Waals surface area contributed by atoms with E-state index in [4.69, 9.17) is 16.3 Å². The predicted octanol–water partition coefficient (Wildman–Crippen LogP) is 2.37. The maximum atomic E-state index is 12.3. The van der Waals surface area contributed by atoms with E-state index >= 15 is 0 Å². The standard InChI is InChI=1S/C18H15ClN2O4/c1-25-12-5-2-4-11(10-12)16(22)20-8-9-21-17(23)13-6-3-7-14(19)15(13)18(21)24/h2-7,10H,8-9H2,1H3,(H,20,22). The number of nitrogens with zero attached hydrogens (tertiary/aromatic N) is 1. The largest absolute Gasteiger partial charge is 0.497 e. The number of benzene rings is 2. The Balaban J connectivity index is 1.63. The highest BCUT2D eigenvalue weighted by Crippen LogP contribution is 2.28. The van der Waals surface area contributed by atoms with Gasteiger partial charge in [-0.1, -0.05) is 23.7 Å². The zero-order valence-corrected chi connectivity index (χ0v) is 14.2. The van der Waals surface area contributed by atoms with Crippen molar-refractivity contribution in [3.63, 3.8) is 0 Å². The lowest BCUT2D eigenvalue weighted by atomic mass is 10.1. The second kappa shape index (κ2) is 6.94. The van der Waals surface area contributed by atoms with Gasteiger partial charge in [-0.2, -0.15) is 0 Å². The number of imide groups is 1. The van der Waals surface area contributed by atoms with Crippen LogP contribution in [0.5, 0.6) is 5.75 Å². The number of hydrogen-bond acceptors (Lipinski definition) is 4. The third-order valence-corrected chi connectivity index (χ3v) is 4.22. The number of amides is 3. The molecule has 0 saturated heterocycles. The molecule has 1 aliphatic heterocycles. The number of fused-ring (bicyclic) bond motifs is 1. The van der Waals surface area contributed by atoms with E-state index < -0.39 is 11.8 Å². The van der Waals surface area contributed by atoms with Crippen molar-refractivity contribution < 1.29 is 19.1 Å². The van der Waals surface area contributed by atoms with Crippen molar-refractivity contribution in [1.82, 2.24) is 10.2 Å². The molecule has 3 amide bonds. The molecule has 0 aliphatic carbocycles. The Bertz CT molecular complexity index is 866. The monoisotopic (exact) mass is 358 g/mol. The van der Waals surface area contributed by atoms with Crippen molar-refractivity contribution >= 4 is 29.3 Å². The van der Waals surface area contributed by atoms with Gasteiger partial charge in [-0.25, -0.2) is 0 Å². The summed E-state index contributed by atoms with van der Waals surface area (Å²) in [6.45, 7) is 0.206. The van der Waals surface area contributed by atoms with Crippen molar-refractivity contribution in [3.8, 4) is 5.75 Å². The number of ether oxygens (including phenoxy) is 1. The van der Waals surface area contributed by atoms with Crippen LogP contribution in [0, 0.1) is 0 Å². The van der Waals surface area contributed by atoms with Gasteiger partial charge in [0.1, 0.15) is 5.75 Å². The van der Waals surface area contributed by atoms with Crippen LogP contribution in [-0.4, -0.2) is 42.8 Å². The number of methoxy groups -OCH3 is 1. The van der Waals surface area contributed by atoms with Gasteiger partial charge >= 0.3 is 0 Å². The fourth-order valence-corrected chi connectivity index (χ4v) is 2.90. The zero-order valence-electron chi connectivity index (χ0n) is 13.4. The van der Waals surface area contributed by atoms with Gasteiger partial charge in [-0.05, 0) is 30.3 Å². The third kappa shape index (κ3) is 3.21. The van der Waals surface area contributed by atoms with Gasteiger partial charge in [0, 0.05) is 18.7 Å². The first-order valence-electron chi connectivity index (χ1n) is 7.60. The third-order valence-electron chi connectivity index (χ3n) is 3.90. The molecule has 1 N–H and O–H groups in total. The van der Waals surface area contributed by atoms with E-state index in [1.807, 2.05) is 0 Å². The molecule has 0 aromatic heterocycles. The molecule has 0 radical (unpaired) electrons. The van der Waals surface area contributed by atoms with Gasteiger partial charge in [0.15, 0.2) is 0 Å². The van der Waals surface area contributed by atoms with Gasteiger partial charge in [-0.3, -0.25) is 19.3 Å². The van der Waals surface area contributed by atoms with Crippen molar-refractivity contribution in [1.29, 1.82) is 0 Å². The molecule has 0 bridgehead atoms. The first-order chi connectivity index (χ1) is 12.0. The van der Waals surface area contributed by atoms with E-state index in [9.17, 15) is 14.4 Å². The molecule has 3 rings (SSSR count). The summed E-state index contributed by atoms with van der Waals surface area (Å²) in [5.41, 5.74) is 0.940. The van der Waals surface area contributed by atoms with Crippen LogP contribution in [0.15, 0.2) is 42.5 Å². The molecule has 2 aromatic carbocycles. The van der Waals surface area contributed by atoms with Crippen molar-refractivity contribution in [2.45, 2.75) is 0 Å². The van der Waals surface area contributed by atoms with E-state index in [1.165, 1.54) is 7.11 Å². The van der Waals surface area contributed by atoms with Crippen LogP contribution < -0.4 is 10.1 Å². The molecule has 6 nitrogen and oxygen atoms in total. The minimum absolute atomic E-state index is 0.0678. The molecular formula is C18H15ClN2O4. The summed E-state index contributed by atoms with van der Waals surface area (Å²) in [5.74, 6) is -0.587. The Labute approximate surface area is 149 Å². The molecule has 0 spiro atoms. The quantitative estimate of drug-likeness (QED) is 0.833. The van der Waals surface area contributed by atoms with E-state index in [2.05, 4.69) is 5.32 Å². The molecule has 128 valence electrons. The lowest BCUT2D eigenvalue weighted by Crippen LogP contribution is -2.38. The first-order valence-corrected chi connectivity index (χ1v) is 7.97. The molecule has 2 aromatic rings. The molecule has 0 atom stereocenters. The smallest absolute Gasteiger partial charge is 0.263 e. The molecule has 1 aliphatic rings. The number of nitrogens with one attached hydrogen (secondary N) is 1. The van der Waals surface area contributed by atoms with Crippen LogP contribution in [0.3, 0.4) is 0 Å². The van der Waals surface area contributed by atoms with Crippen LogP contribution >= 0.6 is 11.6 Å². The van der Waals surface area contributed by atoms with Crippen molar-refractivity contribution in [2.75, 3.05) is 20.2 Å². The second-order valence-electron chi connectivity index (χ2n) is 5.41. The highest BCUT2D eigenvalue weighted by molar-refractivity contribution is 6.37. The maximum absolute atomic E-state index is 12.3. The average Bonchev–Trinajstić information content (AvgIpc) is 2.87. The Morgan fingerprint density at radius 2 is 1.92 bits per heavy atom. The lowest BCUT2D eigenvalue weighted by molar-refractivity contribution is 0.0650. The van der Waals surface area contributed by atoms with Crippen molar-refractivity contribution in [3.05, 3.63) is 64.2 Å². The molecule has 25 heavy (non-hydrogen) atoms. The summed E-state index contributed by atoms with van der Waals surface area (Å²) in [4.78, 5) is 37.9. The average molecular weight is 359 g/mol. The Hall–Kier alpha value is -2.86. The fraction of sp³-hybridized carbons (Fsp3) is 0.167. The summed E-state index contributed by atoms with van der Waals surface area (Å²) >= 11 is 6.01. The molecule has 1 heterocycles. The molecule has 0 unspecified atom stereocenters. The predicted molar refractivity (Wildman–Crippen MR) is 92.1 cm³/mol. The lowest BCUT2D eigenvalue weighted by Gasteiger charge is -2.14. The van der Waals surface area contributed by atoms with Crippen LogP contribution in [0.4, 0.5) is 0 Å². The molecule has 7 heteroatoms. The Kier molecular flexibility index (Phi) is 4.72. The van der Waals surface area contributed by atoms with Crippen LogP contribution in [0.25, 0.3) is 0 Å². The summed E-state index contributed by atoms with van der Waals surface area (Å²) in [6.07, 6.45) is 0. The minimum atomic E-state index is -0.443. The van der Waals surface area contributed by atoms with E-state index in [0.717, 1.165) is 4.90 Å². The number of rotatable bonds is 5. The topological polar surface area (TPSA) is 75.7 Å². The summed E-state index contributed by atoms with van der Waals surface area (Å²) in [5, 5.41) is 2.93. The van der Waals surface area contributed by atoms with Crippen molar-refractivity contribution in [2.24, 2.45) is 0 Å². The van der Waals surface area contributed by atoms with E-state index in [1.54, 1.807) is 42.5 Å². The van der Waals surface area contributed by atoms with E-state index in [0.29, 0.717) is 11.3 Å². The molecular weight excluding hydrogens is 344 g/mol. The van der Waals surface area contributed by atoms with Crippen LogP contribution in [0.1, 0.15) is 31.1 Å². The second-order valence-corrected chi connectivity index (χ2v) is 5.82. The van der Waals surface area contributed by atoms with E-state index in [-0.39, 0.29) is 35.1 Å². The maximum Gasteiger partial charge on any atom is 0.263 e. The normalized spacial score (nSPS) is 13.0. The van der Waals surface area contributed by atoms with Gasteiger partial charge in [-0.15, -0.1) is 0 Å². The minimum Gasteiger partial charge on any atom is -0.497 e. The van der Waals surface area contributed by atoms with Crippen LogP contribution in [0.2, 0.25) is 5.02 Å². The Morgan fingerprint density at radius 1 is 1.16 bits per heavy atom. The summed E-state index contributed by atoms with van der Waals surface area (Å²) in [6, 6.07) is 11.5. The van der Waals surface area contributed by atoms with Gasteiger partial charge in [0.25, 0.3) is 17.7 Å². The highest BCUT2D eigenvalue weighted by atomic mass is 35.5. The molecule has 0 saturated carbocycles. The fourth-order valence-electron chi connectivity index (χ4n) is 2.64. The SMILES string of the molecule is COc1cccc(C(=O)NCCN2C(=O)c3cccc(Cl)c3C2=O)c1. The number of halogens is 1. The van der Waals surface area contributed by atoms with Gasteiger partial charge < -0.3 is 10.1 Å². The Morgan fingerprint density at radius 3 is 2.64 bits per heavy atom. The van der Waals surface area contributed by atoms with Gasteiger partial charge in [0.2, 0.25) is 0 Å². The first kappa shape index (κ1) is 17.0. The zero-order chi connectivity index (χ0) is 18.0. The van der Waals surface area contributed by atoms with Crippen LogP contribution in [-0.2, 0) is 0 Å². The molecule has 0 fully saturated rings. The number of carbonyl (C=O) groups excluding carboxylic acids is 3. The number of carbonyl (C=O) groups is 3. The number of hydrogen-bond donors (Lipinski definition) is 1.